The van der Waals surface area contributed by atoms with Gasteiger partial charge in [-0.15, -0.1) is 0 Å². The highest BCUT2D eigenvalue weighted by Crippen LogP contribution is 2.27. The summed E-state index contributed by atoms with van der Waals surface area (Å²) in [5.41, 5.74) is 0. The van der Waals surface area contributed by atoms with Gasteiger partial charge in [-0.2, -0.15) is 0 Å². The summed E-state index contributed by atoms with van der Waals surface area (Å²) in [4.78, 5) is 16.8. The molecule has 7 nitrogen and oxygen atoms in total. The Bertz CT molecular complexity index is 531. The molecule has 8 heteroatoms. The van der Waals surface area contributed by atoms with Crippen LogP contribution in [0.3, 0.4) is 0 Å². The van der Waals surface area contributed by atoms with Gasteiger partial charge in [0.15, 0.2) is 0 Å². The summed E-state index contributed by atoms with van der Waals surface area (Å²) in [6, 6.07) is 0.751. The maximum Gasteiger partial charge on any atom is 0.317 e. The van der Waals surface area contributed by atoms with Gasteiger partial charge in [0, 0.05) is 37.8 Å². The van der Waals surface area contributed by atoms with Gasteiger partial charge in [0.25, 0.3) is 0 Å². The van der Waals surface area contributed by atoms with E-state index in [0.29, 0.717) is 32.0 Å². The number of urea groups is 1. The highest BCUT2D eigenvalue weighted by molar-refractivity contribution is 7.88. The van der Waals surface area contributed by atoms with E-state index in [4.69, 9.17) is 0 Å². The number of hydrogen-bond donors (Lipinski definition) is 2. The van der Waals surface area contributed by atoms with E-state index in [1.165, 1.54) is 32.1 Å². The second-order valence-electron chi connectivity index (χ2n) is 7.10. The number of hydrogen-bond acceptors (Lipinski definition) is 4. The Balaban J connectivity index is 1.46. The van der Waals surface area contributed by atoms with Crippen LogP contribution in [0, 0.1) is 0 Å². The Morgan fingerprint density at radius 1 is 1.00 bits per heavy atom. The third kappa shape index (κ3) is 4.36. The lowest BCUT2D eigenvalue weighted by Gasteiger charge is -2.35. The molecule has 0 aromatic heterocycles. The molecule has 0 saturated carbocycles. The molecule has 0 aromatic carbocycles. The van der Waals surface area contributed by atoms with Crippen molar-refractivity contribution in [1.29, 1.82) is 0 Å². The number of likely N-dealkylation sites (tertiary alicyclic amines) is 1. The average Bonchev–Trinajstić information content (AvgIpc) is 2.90. The Morgan fingerprint density at radius 2 is 1.74 bits per heavy atom. The molecule has 2 atom stereocenters. The number of piperidine rings is 2. The van der Waals surface area contributed by atoms with Gasteiger partial charge in [-0.3, -0.25) is 4.90 Å². The molecule has 3 aliphatic heterocycles. The molecule has 2 amide bonds. The summed E-state index contributed by atoms with van der Waals surface area (Å²) in [7, 11) is -3.17. The zero-order chi connectivity index (χ0) is 16.4. The van der Waals surface area contributed by atoms with Crippen LogP contribution in [0.4, 0.5) is 4.79 Å². The molecule has 0 aromatic rings. The van der Waals surface area contributed by atoms with Crippen molar-refractivity contribution in [3.05, 3.63) is 0 Å². The SMILES string of the molecule is CS(=O)(=O)NC1CCN(C(=O)N[C@H]2CCN3CCCC[C@@H]23)CC1. The molecule has 23 heavy (non-hydrogen) atoms. The van der Waals surface area contributed by atoms with Crippen molar-refractivity contribution >= 4 is 16.1 Å². The number of carbonyl (C=O) groups excluding carboxylic acids is 1. The molecule has 132 valence electrons. The quantitative estimate of drug-likeness (QED) is 0.773. The molecule has 0 unspecified atom stereocenters. The van der Waals surface area contributed by atoms with Gasteiger partial charge in [0.05, 0.1) is 6.26 Å². The van der Waals surface area contributed by atoms with Crippen molar-refractivity contribution in [2.24, 2.45) is 0 Å². The van der Waals surface area contributed by atoms with E-state index in [1.54, 1.807) is 0 Å². The van der Waals surface area contributed by atoms with Crippen LogP contribution >= 0.6 is 0 Å². The number of sulfonamides is 1. The fourth-order valence-electron chi connectivity index (χ4n) is 4.17. The van der Waals surface area contributed by atoms with E-state index >= 15 is 0 Å². The largest absolute Gasteiger partial charge is 0.334 e. The minimum atomic E-state index is -3.17. The van der Waals surface area contributed by atoms with Gasteiger partial charge in [0.1, 0.15) is 0 Å². The van der Waals surface area contributed by atoms with Gasteiger partial charge in [-0.25, -0.2) is 17.9 Å². The van der Waals surface area contributed by atoms with Crippen LogP contribution in [0.1, 0.15) is 38.5 Å². The summed E-state index contributed by atoms with van der Waals surface area (Å²) in [5, 5.41) is 3.22. The van der Waals surface area contributed by atoms with Crippen LogP contribution in [-0.2, 0) is 10.0 Å². The van der Waals surface area contributed by atoms with Crippen LogP contribution < -0.4 is 10.0 Å². The predicted octanol–water partition coefficient (Wildman–Crippen LogP) is 0.336. The molecular weight excluding hydrogens is 316 g/mol. The monoisotopic (exact) mass is 344 g/mol. The average molecular weight is 344 g/mol. The van der Waals surface area contributed by atoms with Crippen LogP contribution in [0.15, 0.2) is 0 Å². The normalized spacial score (nSPS) is 30.2. The molecule has 3 aliphatic rings. The first-order chi connectivity index (χ1) is 10.9. The Morgan fingerprint density at radius 3 is 2.43 bits per heavy atom. The molecular formula is C15H28N4O3S. The summed E-state index contributed by atoms with van der Waals surface area (Å²) >= 11 is 0. The number of nitrogens with one attached hydrogen (secondary N) is 2. The van der Waals surface area contributed by atoms with Gasteiger partial charge in [0.2, 0.25) is 10.0 Å². The van der Waals surface area contributed by atoms with Crippen molar-refractivity contribution in [2.45, 2.75) is 56.7 Å². The summed E-state index contributed by atoms with van der Waals surface area (Å²) in [6.45, 7) is 3.48. The van der Waals surface area contributed by atoms with Crippen molar-refractivity contribution in [1.82, 2.24) is 19.8 Å². The van der Waals surface area contributed by atoms with E-state index in [-0.39, 0.29) is 18.1 Å². The molecule has 2 N–H and O–H groups in total. The lowest BCUT2D eigenvalue weighted by Crippen LogP contribution is -2.53. The molecule has 3 rings (SSSR count). The third-order valence-corrected chi connectivity index (χ3v) is 6.09. The van der Waals surface area contributed by atoms with Crippen LogP contribution in [-0.4, -0.2) is 74.8 Å². The lowest BCUT2D eigenvalue weighted by atomic mass is 9.99. The van der Waals surface area contributed by atoms with Crippen molar-refractivity contribution in [3.63, 3.8) is 0 Å². The summed E-state index contributed by atoms with van der Waals surface area (Å²) in [5.74, 6) is 0. The molecule has 3 fully saturated rings. The molecule has 0 aliphatic carbocycles. The standard InChI is InChI=1S/C15H28N4O3S/c1-23(21,22)17-12-5-9-19(10-6-12)15(20)16-13-7-11-18-8-3-2-4-14(13)18/h12-14,17H,2-11H2,1H3,(H,16,20)/t13-,14-/m0/s1. The van der Waals surface area contributed by atoms with Crippen LogP contribution in [0.2, 0.25) is 0 Å². The maximum atomic E-state index is 12.5. The fraction of sp³-hybridized carbons (Fsp3) is 0.933. The summed E-state index contributed by atoms with van der Waals surface area (Å²) in [6.07, 6.45) is 7.31. The van der Waals surface area contributed by atoms with Crippen LogP contribution in [0.25, 0.3) is 0 Å². The van der Waals surface area contributed by atoms with E-state index in [2.05, 4.69) is 14.9 Å². The number of amides is 2. The Kier molecular flexibility index (Phi) is 5.13. The van der Waals surface area contributed by atoms with Gasteiger partial charge in [-0.05, 0) is 38.6 Å². The van der Waals surface area contributed by atoms with E-state index in [0.717, 1.165) is 13.0 Å². The van der Waals surface area contributed by atoms with E-state index in [1.807, 2.05) is 4.90 Å². The van der Waals surface area contributed by atoms with E-state index in [9.17, 15) is 13.2 Å². The topological polar surface area (TPSA) is 81.8 Å². The second kappa shape index (κ2) is 6.94. The maximum absolute atomic E-state index is 12.5. The Labute approximate surface area is 138 Å². The lowest BCUT2D eigenvalue weighted by molar-refractivity contribution is 0.159. The highest BCUT2D eigenvalue weighted by atomic mass is 32.2. The van der Waals surface area contributed by atoms with Gasteiger partial charge >= 0.3 is 6.03 Å². The van der Waals surface area contributed by atoms with Crippen molar-refractivity contribution in [3.8, 4) is 0 Å². The summed E-state index contributed by atoms with van der Waals surface area (Å²) < 4.78 is 25.2. The first kappa shape index (κ1) is 17.0. The molecule has 0 bridgehead atoms. The van der Waals surface area contributed by atoms with Crippen LogP contribution in [0.5, 0.6) is 0 Å². The zero-order valence-corrected chi connectivity index (χ0v) is 14.6. The molecule has 3 heterocycles. The minimum absolute atomic E-state index is 0.0141. The third-order valence-electron chi connectivity index (χ3n) is 5.33. The molecule has 0 spiro atoms. The number of fused-ring (bicyclic) bond motifs is 1. The Hall–Kier alpha value is -0.860. The number of rotatable bonds is 3. The van der Waals surface area contributed by atoms with Crippen molar-refractivity contribution < 1.29 is 13.2 Å². The van der Waals surface area contributed by atoms with Crippen molar-refractivity contribution in [2.75, 3.05) is 32.4 Å². The predicted molar refractivity (Wildman–Crippen MR) is 88.7 cm³/mol. The fourth-order valence-corrected chi connectivity index (χ4v) is 5.01. The highest BCUT2D eigenvalue weighted by Gasteiger charge is 2.37. The number of nitrogens with zero attached hydrogens (tertiary/aromatic N) is 2. The van der Waals surface area contributed by atoms with Gasteiger partial charge < -0.3 is 10.2 Å². The zero-order valence-electron chi connectivity index (χ0n) is 13.8. The molecule has 3 saturated heterocycles. The first-order valence-electron chi connectivity index (χ1n) is 8.69. The smallest absolute Gasteiger partial charge is 0.317 e. The number of carbonyl (C=O) groups is 1. The van der Waals surface area contributed by atoms with Gasteiger partial charge in [-0.1, -0.05) is 6.42 Å². The van der Waals surface area contributed by atoms with E-state index < -0.39 is 10.0 Å². The molecule has 0 radical (unpaired) electrons. The first-order valence-corrected chi connectivity index (χ1v) is 10.6. The second-order valence-corrected chi connectivity index (χ2v) is 8.88. The minimum Gasteiger partial charge on any atom is -0.334 e.